The molecule has 2 aromatic carbocycles. The highest BCUT2D eigenvalue weighted by Gasteiger charge is 2.20. The number of allylic oxidation sites excluding steroid dienone is 1. The number of aromatic carboxylic acids is 1. The van der Waals surface area contributed by atoms with Crippen LogP contribution in [0.4, 0.5) is 4.39 Å². The van der Waals surface area contributed by atoms with E-state index in [9.17, 15) is 14.3 Å². The maximum atomic E-state index is 14.4. The zero-order valence-corrected chi connectivity index (χ0v) is 18.4. The first-order valence-corrected chi connectivity index (χ1v) is 10.4. The Bertz CT molecular complexity index is 1140. The lowest BCUT2D eigenvalue weighted by Crippen LogP contribution is -2.04. The van der Waals surface area contributed by atoms with Crippen molar-refractivity contribution in [3.8, 4) is 11.1 Å². The van der Waals surface area contributed by atoms with E-state index in [2.05, 4.69) is 13.0 Å². The third-order valence-corrected chi connectivity index (χ3v) is 6.06. The lowest BCUT2D eigenvalue weighted by molar-refractivity contribution is 0.0697. The van der Waals surface area contributed by atoms with Crippen LogP contribution < -0.4 is 5.73 Å². The molecule has 1 heterocycles. The molecule has 0 aliphatic carbocycles. The Hall–Kier alpha value is -2.61. The van der Waals surface area contributed by atoms with Gasteiger partial charge in [-0.25, -0.2) is 9.18 Å². The Balaban J connectivity index is 2.31. The van der Waals surface area contributed by atoms with Crippen molar-refractivity contribution in [2.75, 3.05) is 20.6 Å². The normalized spacial score (nSPS) is 12.2. The molecule has 0 amide bonds. The molecule has 0 saturated heterocycles. The molecule has 0 aliphatic heterocycles. The van der Waals surface area contributed by atoms with Gasteiger partial charge in [0.15, 0.2) is 0 Å². The number of carboxylic acids is 1. The summed E-state index contributed by atoms with van der Waals surface area (Å²) in [5.41, 5.74) is 10.4. The van der Waals surface area contributed by atoms with Gasteiger partial charge in [0.2, 0.25) is 0 Å². The van der Waals surface area contributed by atoms with Crippen molar-refractivity contribution in [3.05, 3.63) is 65.1 Å². The minimum Gasteiger partial charge on any atom is -0.478 e. The molecule has 0 radical (unpaired) electrons. The molecule has 1 aromatic heterocycles. The van der Waals surface area contributed by atoms with Crippen LogP contribution in [0.1, 0.15) is 21.6 Å². The van der Waals surface area contributed by atoms with Gasteiger partial charge in [0, 0.05) is 33.6 Å². The first kappa shape index (κ1) is 22.1. The highest BCUT2D eigenvalue weighted by Crippen LogP contribution is 2.40. The van der Waals surface area contributed by atoms with Gasteiger partial charge in [0.1, 0.15) is 5.83 Å². The summed E-state index contributed by atoms with van der Waals surface area (Å²) in [6, 6.07) is 11.1. The Labute approximate surface area is 180 Å². The molecule has 3 aromatic rings. The van der Waals surface area contributed by atoms with Gasteiger partial charge in [-0.2, -0.15) is 0 Å². The Morgan fingerprint density at radius 2 is 2.00 bits per heavy atom. The lowest BCUT2D eigenvalue weighted by Gasteiger charge is -2.15. The maximum absolute atomic E-state index is 14.4. The number of benzene rings is 2. The molecule has 3 N–H and O–H groups in total. The van der Waals surface area contributed by atoms with Crippen LogP contribution in [0.25, 0.3) is 22.0 Å². The molecular formula is C23H26FN3O2S. The number of carbonyl (C=O) groups is 1. The molecule has 0 unspecified atom stereocenters. The summed E-state index contributed by atoms with van der Waals surface area (Å²) >= 11 is 1.63. The Morgan fingerprint density at radius 1 is 1.27 bits per heavy atom. The Kier molecular flexibility index (Phi) is 6.65. The molecular weight excluding hydrogens is 401 g/mol. The second-order valence-electron chi connectivity index (χ2n) is 7.30. The Morgan fingerprint density at radius 3 is 2.63 bits per heavy atom. The van der Waals surface area contributed by atoms with E-state index in [0.717, 1.165) is 38.2 Å². The van der Waals surface area contributed by atoms with Gasteiger partial charge in [0.25, 0.3) is 0 Å². The standard InChI is InChI=1S/C23H26FN3O2S/c1-14-18(6-5-7-21(14)30-26(3)4)22-15(2)27(13-17(24)10-11-25)20-9-8-16(23(28)29)12-19(20)22/h5-10,12H,11,13,25H2,1-4H3,(H,28,29)/b17-10-. The van der Waals surface area contributed by atoms with Crippen molar-refractivity contribution in [2.45, 2.75) is 25.3 Å². The van der Waals surface area contributed by atoms with Gasteiger partial charge in [-0.05, 0) is 81.4 Å². The van der Waals surface area contributed by atoms with Crippen LogP contribution in [0.3, 0.4) is 0 Å². The van der Waals surface area contributed by atoms with Crippen LogP contribution in [0.15, 0.2) is 53.2 Å². The van der Waals surface area contributed by atoms with Crippen molar-refractivity contribution in [3.63, 3.8) is 0 Å². The first-order chi connectivity index (χ1) is 14.2. The smallest absolute Gasteiger partial charge is 0.335 e. The molecule has 30 heavy (non-hydrogen) atoms. The maximum Gasteiger partial charge on any atom is 0.335 e. The predicted octanol–water partition coefficient (Wildman–Crippen LogP) is 5.00. The van der Waals surface area contributed by atoms with Crippen molar-refractivity contribution >= 4 is 28.8 Å². The van der Waals surface area contributed by atoms with Crippen molar-refractivity contribution in [2.24, 2.45) is 5.73 Å². The summed E-state index contributed by atoms with van der Waals surface area (Å²) in [4.78, 5) is 12.7. The zero-order valence-electron chi connectivity index (χ0n) is 17.6. The van der Waals surface area contributed by atoms with E-state index >= 15 is 0 Å². The van der Waals surface area contributed by atoms with Crippen molar-refractivity contribution in [1.82, 2.24) is 8.87 Å². The molecule has 7 heteroatoms. The predicted molar refractivity (Wildman–Crippen MR) is 122 cm³/mol. The second kappa shape index (κ2) is 9.04. The fraction of sp³-hybridized carbons (Fsp3) is 0.261. The van der Waals surface area contributed by atoms with Crippen LogP contribution >= 0.6 is 11.9 Å². The van der Waals surface area contributed by atoms with Crippen LogP contribution in [-0.2, 0) is 6.54 Å². The topological polar surface area (TPSA) is 71.5 Å². The first-order valence-electron chi connectivity index (χ1n) is 9.60. The van der Waals surface area contributed by atoms with Crippen LogP contribution in [-0.4, -0.2) is 40.6 Å². The summed E-state index contributed by atoms with van der Waals surface area (Å²) in [5, 5.41) is 10.3. The van der Waals surface area contributed by atoms with E-state index in [0.29, 0.717) is 0 Å². The van der Waals surface area contributed by atoms with Crippen molar-refractivity contribution in [1.29, 1.82) is 0 Å². The highest BCUT2D eigenvalue weighted by atomic mass is 32.2. The molecule has 0 saturated carbocycles. The number of fused-ring (bicyclic) bond motifs is 1. The average molecular weight is 428 g/mol. The number of nitrogens with two attached hydrogens (primary N) is 1. The number of nitrogens with zero attached hydrogens (tertiary/aromatic N) is 2. The summed E-state index contributed by atoms with van der Waals surface area (Å²) in [6.45, 7) is 4.18. The minimum absolute atomic E-state index is 0.0527. The zero-order chi connectivity index (χ0) is 22.0. The summed E-state index contributed by atoms with van der Waals surface area (Å²) < 4.78 is 18.3. The fourth-order valence-electron chi connectivity index (χ4n) is 3.68. The molecule has 158 valence electrons. The van der Waals surface area contributed by atoms with Gasteiger partial charge in [-0.3, -0.25) is 4.31 Å². The molecule has 0 spiro atoms. The third kappa shape index (κ3) is 4.28. The quantitative estimate of drug-likeness (QED) is 0.519. The van der Waals surface area contributed by atoms with E-state index < -0.39 is 5.97 Å². The SMILES string of the molecule is Cc1c(SN(C)C)cccc1-c1c(C)n(C/C(F)=C/CN)c2ccc(C(=O)O)cc12. The third-order valence-electron chi connectivity index (χ3n) is 5.05. The largest absolute Gasteiger partial charge is 0.478 e. The van der Waals surface area contributed by atoms with E-state index in [1.807, 2.05) is 42.0 Å². The van der Waals surface area contributed by atoms with E-state index in [-0.39, 0.29) is 24.5 Å². The average Bonchev–Trinajstić information content (AvgIpc) is 2.94. The van der Waals surface area contributed by atoms with E-state index in [1.54, 1.807) is 30.1 Å². The molecule has 0 aliphatic rings. The van der Waals surface area contributed by atoms with Crippen LogP contribution in [0, 0.1) is 13.8 Å². The van der Waals surface area contributed by atoms with Gasteiger partial charge in [-0.1, -0.05) is 12.1 Å². The summed E-state index contributed by atoms with van der Waals surface area (Å²) in [6.07, 6.45) is 1.36. The van der Waals surface area contributed by atoms with Crippen molar-refractivity contribution < 1.29 is 14.3 Å². The van der Waals surface area contributed by atoms with Gasteiger partial charge < -0.3 is 15.4 Å². The number of rotatable bonds is 7. The summed E-state index contributed by atoms with van der Waals surface area (Å²) in [5.74, 6) is -1.31. The van der Waals surface area contributed by atoms with E-state index in [1.165, 1.54) is 6.08 Å². The molecule has 5 nitrogen and oxygen atoms in total. The fourth-order valence-corrected chi connectivity index (χ4v) is 4.46. The molecule has 0 bridgehead atoms. The monoisotopic (exact) mass is 427 g/mol. The minimum atomic E-state index is -0.990. The lowest BCUT2D eigenvalue weighted by atomic mass is 9.97. The highest BCUT2D eigenvalue weighted by molar-refractivity contribution is 7.97. The number of halogens is 1. The number of aromatic nitrogens is 1. The summed E-state index contributed by atoms with van der Waals surface area (Å²) in [7, 11) is 3.97. The van der Waals surface area contributed by atoms with Gasteiger partial charge >= 0.3 is 5.97 Å². The number of hydrogen-bond donors (Lipinski definition) is 2. The number of carboxylic acid groups (broad SMARTS) is 1. The van der Waals surface area contributed by atoms with Gasteiger partial charge in [-0.15, -0.1) is 0 Å². The van der Waals surface area contributed by atoms with E-state index in [4.69, 9.17) is 5.73 Å². The molecule has 3 rings (SSSR count). The number of hydrogen-bond acceptors (Lipinski definition) is 4. The van der Waals surface area contributed by atoms with Crippen LogP contribution in [0.2, 0.25) is 0 Å². The van der Waals surface area contributed by atoms with Gasteiger partial charge in [0.05, 0.1) is 12.1 Å². The molecule has 0 atom stereocenters. The van der Waals surface area contributed by atoms with Crippen LogP contribution in [0.5, 0.6) is 0 Å². The second-order valence-corrected chi connectivity index (χ2v) is 8.66. The molecule has 0 fully saturated rings.